The number of pyridine rings is 1. The summed E-state index contributed by atoms with van der Waals surface area (Å²) in [7, 11) is 0. The van der Waals surface area contributed by atoms with E-state index in [9.17, 15) is 9.59 Å². The van der Waals surface area contributed by atoms with Crippen LogP contribution in [0.25, 0.3) is 0 Å². The Morgan fingerprint density at radius 3 is 2.83 bits per heavy atom. The Labute approximate surface area is 140 Å². The molecule has 7 heteroatoms. The molecule has 0 aliphatic heterocycles. The summed E-state index contributed by atoms with van der Waals surface area (Å²) in [6.07, 6.45) is 9.39. The summed E-state index contributed by atoms with van der Waals surface area (Å²) >= 11 is 0. The first-order valence-corrected chi connectivity index (χ1v) is 8.56. The van der Waals surface area contributed by atoms with E-state index < -0.39 is 0 Å². The first-order chi connectivity index (χ1) is 11.7. The minimum Gasteiger partial charge on any atom is -0.345 e. The molecule has 1 saturated carbocycles. The monoisotopic (exact) mass is 329 g/mol. The molecule has 0 atom stereocenters. The normalized spacial score (nSPS) is 15.4. The highest BCUT2D eigenvalue weighted by Gasteiger charge is 2.19. The van der Waals surface area contributed by atoms with E-state index in [2.05, 4.69) is 20.1 Å². The van der Waals surface area contributed by atoms with Gasteiger partial charge in [0.1, 0.15) is 6.33 Å². The molecule has 0 bridgehead atoms. The highest BCUT2D eigenvalue weighted by Crippen LogP contribution is 2.28. The summed E-state index contributed by atoms with van der Waals surface area (Å²) < 4.78 is 3.63. The van der Waals surface area contributed by atoms with Gasteiger partial charge in [0.15, 0.2) is 5.82 Å². The third kappa shape index (κ3) is 3.55. The van der Waals surface area contributed by atoms with Crippen LogP contribution in [0, 0.1) is 0 Å². The molecular weight excluding hydrogens is 306 g/mol. The second-order valence-electron chi connectivity index (χ2n) is 6.17. The number of aromatic nitrogens is 4. The highest BCUT2D eigenvalue weighted by molar-refractivity contribution is 5.93. The van der Waals surface area contributed by atoms with Crippen molar-refractivity contribution in [1.29, 1.82) is 0 Å². The minimum atomic E-state index is -0.270. The van der Waals surface area contributed by atoms with Crippen LogP contribution in [0.2, 0.25) is 0 Å². The van der Waals surface area contributed by atoms with E-state index in [0.717, 1.165) is 18.7 Å². The van der Waals surface area contributed by atoms with E-state index in [4.69, 9.17) is 0 Å². The second kappa shape index (κ2) is 7.42. The fourth-order valence-electron chi connectivity index (χ4n) is 3.23. The molecule has 7 nitrogen and oxygen atoms in total. The smallest absolute Gasteiger partial charge is 0.251 e. The van der Waals surface area contributed by atoms with Gasteiger partial charge in [0, 0.05) is 30.4 Å². The molecule has 128 valence electrons. The van der Waals surface area contributed by atoms with E-state index in [-0.39, 0.29) is 11.5 Å². The lowest BCUT2D eigenvalue weighted by molar-refractivity contribution is 0.0948. The van der Waals surface area contributed by atoms with Crippen LogP contribution in [0.5, 0.6) is 0 Å². The quantitative estimate of drug-likeness (QED) is 0.908. The number of amides is 1. The summed E-state index contributed by atoms with van der Waals surface area (Å²) in [5, 5.41) is 11.0. The molecule has 2 aromatic rings. The fraction of sp³-hybridized carbons (Fsp3) is 0.529. The second-order valence-corrected chi connectivity index (χ2v) is 6.17. The van der Waals surface area contributed by atoms with Gasteiger partial charge >= 0.3 is 0 Å². The molecule has 1 aliphatic carbocycles. The number of aryl methyl sites for hydroxylation is 1. The van der Waals surface area contributed by atoms with Gasteiger partial charge in [-0.1, -0.05) is 19.3 Å². The lowest BCUT2D eigenvalue weighted by Gasteiger charge is -2.24. The van der Waals surface area contributed by atoms with Gasteiger partial charge in [-0.15, -0.1) is 10.2 Å². The average molecular weight is 329 g/mol. The predicted octanol–water partition coefficient (Wildman–Crippen LogP) is 1.89. The average Bonchev–Trinajstić information content (AvgIpc) is 3.09. The summed E-state index contributed by atoms with van der Waals surface area (Å²) in [6, 6.07) is 3.45. The van der Waals surface area contributed by atoms with E-state index in [1.165, 1.54) is 25.3 Å². The van der Waals surface area contributed by atoms with Crippen molar-refractivity contribution >= 4 is 5.91 Å². The summed E-state index contributed by atoms with van der Waals surface area (Å²) in [5.74, 6) is 0.491. The lowest BCUT2D eigenvalue weighted by atomic mass is 9.95. The molecule has 1 amide bonds. The van der Waals surface area contributed by atoms with Crippen molar-refractivity contribution in [2.24, 2.45) is 0 Å². The molecule has 3 rings (SSSR count). The molecule has 24 heavy (non-hydrogen) atoms. The number of nitrogens with zero attached hydrogens (tertiary/aromatic N) is 4. The molecule has 1 fully saturated rings. The van der Waals surface area contributed by atoms with Crippen molar-refractivity contribution in [2.75, 3.05) is 0 Å². The van der Waals surface area contributed by atoms with Crippen LogP contribution < -0.4 is 10.9 Å². The van der Waals surface area contributed by atoms with Crippen LogP contribution in [0.1, 0.15) is 61.3 Å². The van der Waals surface area contributed by atoms with Gasteiger partial charge in [0.25, 0.3) is 11.5 Å². The maximum atomic E-state index is 12.3. The molecule has 1 aliphatic rings. The Bertz CT molecular complexity index is 758. The first-order valence-electron chi connectivity index (χ1n) is 8.56. The standard InChI is InChI=1S/C17H23N5O2/c1-2-21-9-8-13(10-16(21)23)17(24)18-11-15-20-19-12-22(15)14-6-4-3-5-7-14/h8-10,12,14H,2-7,11H2,1H3,(H,18,24). The molecule has 0 radical (unpaired) electrons. The number of carbonyl (C=O) groups is 1. The van der Waals surface area contributed by atoms with Gasteiger partial charge in [0.2, 0.25) is 0 Å². The first kappa shape index (κ1) is 16.4. The Morgan fingerprint density at radius 2 is 2.12 bits per heavy atom. The van der Waals surface area contributed by atoms with E-state index >= 15 is 0 Å². The third-order valence-electron chi connectivity index (χ3n) is 4.62. The largest absolute Gasteiger partial charge is 0.345 e. The highest BCUT2D eigenvalue weighted by atomic mass is 16.2. The zero-order valence-electron chi connectivity index (χ0n) is 13.9. The number of hydrogen-bond acceptors (Lipinski definition) is 4. The van der Waals surface area contributed by atoms with Crippen molar-refractivity contribution in [3.8, 4) is 0 Å². The van der Waals surface area contributed by atoms with Gasteiger partial charge in [-0.3, -0.25) is 9.59 Å². The van der Waals surface area contributed by atoms with Crippen molar-refractivity contribution in [3.05, 3.63) is 46.4 Å². The van der Waals surface area contributed by atoms with Crippen molar-refractivity contribution in [2.45, 2.75) is 58.2 Å². The van der Waals surface area contributed by atoms with Gasteiger partial charge in [-0.25, -0.2) is 0 Å². The predicted molar refractivity (Wildman–Crippen MR) is 89.7 cm³/mol. The van der Waals surface area contributed by atoms with E-state index in [0.29, 0.717) is 24.7 Å². The molecule has 0 saturated heterocycles. The Hall–Kier alpha value is -2.44. The molecule has 0 unspecified atom stereocenters. The SMILES string of the molecule is CCn1ccc(C(=O)NCc2nncn2C2CCCCC2)cc1=O. The van der Waals surface area contributed by atoms with Gasteiger partial charge in [-0.05, 0) is 25.8 Å². The summed E-state index contributed by atoms with van der Waals surface area (Å²) in [4.78, 5) is 24.1. The van der Waals surface area contributed by atoms with Crippen LogP contribution in [-0.2, 0) is 13.1 Å². The van der Waals surface area contributed by atoms with Crippen molar-refractivity contribution in [3.63, 3.8) is 0 Å². The van der Waals surface area contributed by atoms with Gasteiger partial charge < -0.3 is 14.5 Å². The maximum Gasteiger partial charge on any atom is 0.251 e. The third-order valence-corrected chi connectivity index (χ3v) is 4.62. The van der Waals surface area contributed by atoms with Crippen LogP contribution in [0.4, 0.5) is 0 Å². The Kier molecular flexibility index (Phi) is 5.08. The zero-order chi connectivity index (χ0) is 16.9. The van der Waals surface area contributed by atoms with Crippen LogP contribution >= 0.6 is 0 Å². The minimum absolute atomic E-state index is 0.171. The molecule has 2 aromatic heterocycles. The van der Waals surface area contributed by atoms with E-state index in [1.54, 1.807) is 23.2 Å². The van der Waals surface area contributed by atoms with E-state index in [1.807, 2.05) is 6.92 Å². The molecule has 0 spiro atoms. The molecule has 0 aromatic carbocycles. The van der Waals surface area contributed by atoms with Crippen LogP contribution in [0.3, 0.4) is 0 Å². The zero-order valence-corrected chi connectivity index (χ0v) is 13.9. The van der Waals surface area contributed by atoms with Crippen molar-refractivity contribution in [1.82, 2.24) is 24.6 Å². The van der Waals surface area contributed by atoms with Gasteiger partial charge in [-0.2, -0.15) is 0 Å². The Balaban J connectivity index is 1.65. The lowest BCUT2D eigenvalue weighted by Crippen LogP contribution is -2.28. The molecular formula is C17H23N5O2. The topological polar surface area (TPSA) is 81.8 Å². The van der Waals surface area contributed by atoms with Crippen molar-refractivity contribution < 1.29 is 4.79 Å². The summed E-state index contributed by atoms with van der Waals surface area (Å²) in [6.45, 7) is 2.79. The van der Waals surface area contributed by atoms with Gasteiger partial charge in [0.05, 0.1) is 6.54 Å². The fourth-order valence-corrected chi connectivity index (χ4v) is 3.23. The summed E-state index contributed by atoms with van der Waals surface area (Å²) in [5.41, 5.74) is 0.198. The number of carbonyl (C=O) groups excluding carboxylic acids is 1. The molecule has 2 heterocycles. The number of nitrogens with one attached hydrogen (secondary N) is 1. The van der Waals surface area contributed by atoms with Crippen LogP contribution in [-0.4, -0.2) is 25.2 Å². The number of rotatable bonds is 5. The Morgan fingerprint density at radius 1 is 1.33 bits per heavy atom. The van der Waals surface area contributed by atoms with Crippen LogP contribution in [0.15, 0.2) is 29.5 Å². The maximum absolute atomic E-state index is 12.3. The number of hydrogen-bond donors (Lipinski definition) is 1. The molecule has 1 N–H and O–H groups in total.